The molecule has 0 N–H and O–H groups in total. The zero-order valence-electron chi connectivity index (χ0n) is 38.6. The van der Waals surface area contributed by atoms with Crippen LogP contribution >= 0.6 is 0 Å². The fourth-order valence-corrected chi connectivity index (χ4v) is 7.58. The average Bonchev–Trinajstić information content (AvgIpc) is 3.75. The van der Waals surface area contributed by atoms with Crippen molar-refractivity contribution >= 4 is 39.0 Å². The van der Waals surface area contributed by atoms with Crippen molar-refractivity contribution in [1.29, 1.82) is 0 Å². The number of para-hydroxylation sites is 3. The molecule has 0 spiro atoms. The van der Waals surface area contributed by atoms with Crippen LogP contribution in [0.1, 0.15) is 162 Å². The molecule has 1 aromatic heterocycles. The smallest absolute Gasteiger partial charge is 0.129 e. The summed E-state index contributed by atoms with van der Waals surface area (Å²) in [6.45, 7) is 39.1. The Morgan fingerprint density at radius 1 is 0.508 bits per heavy atom. The van der Waals surface area contributed by atoms with E-state index in [0.29, 0.717) is 11.8 Å². The summed E-state index contributed by atoms with van der Waals surface area (Å²) in [7, 11) is 0. The van der Waals surface area contributed by atoms with E-state index in [9.17, 15) is 0 Å². The fourth-order valence-electron chi connectivity index (χ4n) is 7.58. The molecule has 0 fully saturated rings. The molecule has 1 aliphatic heterocycles. The van der Waals surface area contributed by atoms with Crippen molar-refractivity contribution in [2.45, 2.75) is 144 Å². The molecule has 7 rings (SSSR count). The minimum atomic E-state index is 0. The molecule has 0 aliphatic carbocycles. The van der Waals surface area contributed by atoms with Gasteiger partial charge in [-0.15, -0.1) is 17.7 Å². The van der Waals surface area contributed by atoms with Gasteiger partial charge in [-0.2, -0.15) is 5.10 Å². The van der Waals surface area contributed by atoms with E-state index in [4.69, 9.17) is 5.10 Å². The molecule has 0 atom stereocenters. The van der Waals surface area contributed by atoms with Crippen molar-refractivity contribution in [2.75, 3.05) is 9.91 Å². The second-order valence-electron chi connectivity index (χ2n) is 21.1. The van der Waals surface area contributed by atoms with E-state index < -0.39 is 0 Å². The Labute approximate surface area is 372 Å². The topological polar surface area (TPSA) is 32.9 Å². The Hall–Kier alpha value is -4.09. The van der Waals surface area contributed by atoms with Crippen molar-refractivity contribution in [1.82, 2.24) is 4.98 Å². The van der Waals surface area contributed by atoms with E-state index in [-0.39, 0.29) is 44.0 Å². The van der Waals surface area contributed by atoms with Gasteiger partial charge in [0.05, 0.1) is 0 Å². The van der Waals surface area contributed by atoms with Crippen molar-refractivity contribution in [3.8, 4) is 0 Å². The number of hydrogen-bond donors (Lipinski definition) is 0. The van der Waals surface area contributed by atoms with E-state index in [1.54, 1.807) is 0 Å². The monoisotopic (exact) mass is 970 g/mol. The third-order valence-corrected chi connectivity index (χ3v) is 11.4. The zero-order chi connectivity index (χ0) is 42.5. The Bertz CT molecular complexity index is 2300. The third kappa shape index (κ3) is 10.1. The number of benzene rings is 5. The van der Waals surface area contributed by atoms with Crippen molar-refractivity contribution in [2.24, 2.45) is 5.10 Å². The van der Waals surface area contributed by atoms with Crippen molar-refractivity contribution in [3.05, 3.63) is 149 Å². The molecule has 59 heavy (non-hydrogen) atoms. The number of hydrogen-bond acceptors (Lipinski definition) is 3. The molecule has 0 bridgehead atoms. The second kappa shape index (κ2) is 17.1. The minimum Gasteiger partial charge on any atom is -0.657 e. The van der Waals surface area contributed by atoms with Gasteiger partial charge in [0.1, 0.15) is 5.84 Å². The number of nitrogens with zero attached hydrogens (tertiary/aromatic N) is 4. The number of amidine groups is 1. The first-order valence-electron chi connectivity index (χ1n) is 21.3. The molecular formula is C54H68AuN4-2. The molecule has 1 aliphatic rings. The maximum Gasteiger partial charge on any atom is 0.129 e. The zero-order valence-corrected chi connectivity index (χ0v) is 40.8. The first kappa shape index (κ1) is 46.0. The SMILES string of the molecule is CC(C)c1cccc(C(C)C)c1N1[CH-]N(c2cc(C(C)(C)C)cc(C(C)(C)C)c2)C(c2cc(C(C)(C)C)cc(C(C)(C)C)c2)=N1.[Au].c1ccc2c(c1)[n-]c1ccccc12. The minimum absolute atomic E-state index is 0. The number of fused-ring (bicyclic) bond motifs is 3. The molecule has 0 amide bonds. The van der Waals surface area contributed by atoms with Gasteiger partial charge in [0.25, 0.3) is 0 Å². The Kier molecular flexibility index (Phi) is 13.3. The van der Waals surface area contributed by atoms with E-state index >= 15 is 0 Å². The summed E-state index contributed by atoms with van der Waals surface area (Å²) >= 11 is 0. The molecule has 317 valence electrons. The fraction of sp³-hybridized carbons (Fsp3) is 0.407. The Balaban J connectivity index is 0.000000394. The number of hydrazone groups is 1. The van der Waals surface area contributed by atoms with Gasteiger partial charge in [-0.1, -0.05) is 190 Å². The van der Waals surface area contributed by atoms with Crippen LogP contribution < -0.4 is 14.9 Å². The van der Waals surface area contributed by atoms with E-state index in [1.807, 2.05) is 12.1 Å². The summed E-state index contributed by atoms with van der Waals surface area (Å²) in [6.07, 6.45) is 0. The molecule has 0 unspecified atom stereocenters. The molecule has 5 heteroatoms. The van der Waals surface area contributed by atoms with Gasteiger partial charge in [0, 0.05) is 39.3 Å². The Morgan fingerprint density at radius 3 is 1.29 bits per heavy atom. The van der Waals surface area contributed by atoms with Crippen LogP contribution in [-0.4, -0.2) is 5.84 Å². The van der Waals surface area contributed by atoms with Crippen molar-refractivity contribution < 1.29 is 22.4 Å². The Morgan fingerprint density at radius 2 is 0.898 bits per heavy atom. The molecule has 4 nitrogen and oxygen atoms in total. The molecule has 0 saturated carbocycles. The van der Waals surface area contributed by atoms with Crippen LogP contribution in [0.4, 0.5) is 11.4 Å². The summed E-state index contributed by atoms with van der Waals surface area (Å²) in [6, 6.07) is 37.5. The van der Waals surface area contributed by atoms with Crippen LogP contribution in [-0.2, 0) is 44.0 Å². The van der Waals surface area contributed by atoms with Gasteiger partial charge >= 0.3 is 0 Å². The molecule has 6 aromatic rings. The second-order valence-corrected chi connectivity index (χ2v) is 21.1. The summed E-state index contributed by atoms with van der Waals surface area (Å²) in [5.74, 6) is 1.70. The van der Waals surface area contributed by atoms with Gasteiger partial charge < -0.3 is 14.9 Å². The quantitative estimate of drug-likeness (QED) is 0.127. The predicted octanol–water partition coefficient (Wildman–Crippen LogP) is 14.9. The van der Waals surface area contributed by atoms with Crippen LogP contribution in [0.15, 0.2) is 108 Å². The summed E-state index contributed by atoms with van der Waals surface area (Å²) < 4.78 is 0. The summed E-state index contributed by atoms with van der Waals surface area (Å²) in [5, 5.41) is 10.2. The first-order chi connectivity index (χ1) is 26.9. The molecule has 5 aromatic carbocycles. The maximum atomic E-state index is 5.52. The van der Waals surface area contributed by atoms with Crippen molar-refractivity contribution in [3.63, 3.8) is 0 Å². The number of aromatic nitrogens is 1. The van der Waals surface area contributed by atoms with Crippen LogP contribution in [0.2, 0.25) is 0 Å². The van der Waals surface area contributed by atoms with Gasteiger partial charge in [-0.05, 0) is 102 Å². The van der Waals surface area contributed by atoms with E-state index in [1.165, 1.54) is 49.8 Å². The van der Waals surface area contributed by atoms with E-state index in [2.05, 4.69) is 223 Å². The first-order valence-corrected chi connectivity index (χ1v) is 21.3. The van der Waals surface area contributed by atoms with Crippen LogP contribution in [0.25, 0.3) is 21.8 Å². The van der Waals surface area contributed by atoms with Gasteiger partial charge in [0.2, 0.25) is 0 Å². The van der Waals surface area contributed by atoms with Gasteiger partial charge in [-0.3, -0.25) is 0 Å². The molecule has 1 radical (unpaired) electrons. The largest absolute Gasteiger partial charge is 0.657 e. The van der Waals surface area contributed by atoms with Crippen LogP contribution in [0.5, 0.6) is 0 Å². The van der Waals surface area contributed by atoms with Crippen LogP contribution in [0, 0.1) is 6.67 Å². The third-order valence-electron chi connectivity index (χ3n) is 11.4. The maximum absolute atomic E-state index is 5.52. The van der Waals surface area contributed by atoms with E-state index in [0.717, 1.165) is 28.1 Å². The van der Waals surface area contributed by atoms with Gasteiger partial charge in [0.15, 0.2) is 0 Å². The predicted molar refractivity (Wildman–Crippen MR) is 253 cm³/mol. The summed E-state index contributed by atoms with van der Waals surface area (Å²) in [5.41, 5.74) is 13.7. The molecule has 2 heterocycles. The summed E-state index contributed by atoms with van der Waals surface area (Å²) in [4.78, 5) is 6.86. The average molecular weight is 970 g/mol. The van der Waals surface area contributed by atoms with Crippen LogP contribution in [0.3, 0.4) is 0 Å². The molecule has 0 saturated heterocycles. The number of anilines is 2. The number of rotatable bonds is 5. The van der Waals surface area contributed by atoms with Gasteiger partial charge in [-0.25, -0.2) is 0 Å². The standard InChI is InChI=1S/C42H60N3.C12H8N.Au/c1-27(2)35-18-17-19-36(28(3)4)37(35)45-26-44(34-24-32(41(11,12)13)23-33(25-34)42(14,15)16)38(43-45)29-20-30(39(5,6)7)22-31(21-29)40(8,9)10;1-3-7-11-9(5-1)10-6-2-4-8-12(10)13-11;/h17-28H,1-16H3;1-8H;/q2*-1;. The molecular weight excluding hydrogens is 902 g/mol. The normalized spacial score (nSPS) is 13.9.